The molecule has 108 valence electrons. The molecular formula is C13H17N3O3S. The number of hydrogen-bond acceptors (Lipinski definition) is 5. The second kappa shape index (κ2) is 5.18. The number of furan rings is 1. The van der Waals surface area contributed by atoms with Crippen molar-refractivity contribution in [2.75, 3.05) is 11.1 Å². The van der Waals surface area contributed by atoms with E-state index in [0.717, 1.165) is 11.5 Å². The molecule has 0 radical (unpaired) electrons. The Kier molecular flexibility index (Phi) is 3.74. The maximum atomic E-state index is 11.3. The van der Waals surface area contributed by atoms with Crippen LogP contribution in [0.2, 0.25) is 0 Å². The molecule has 1 aromatic carbocycles. The van der Waals surface area contributed by atoms with Crippen molar-refractivity contribution < 1.29 is 12.8 Å². The molecule has 5 N–H and O–H groups in total. The Morgan fingerprint density at radius 1 is 1.25 bits per heavy atom. The summed E-state index contributed by atoms with van der Waals surface area (Å²) in [6.07, 6.45) is 0. The van der Waals surface area contributed by atoms with Gasteiger partial charge < -0.3 is 15.5 Å². The molecule has 2 aromatic rings. The third kappa shape index (κ3) is 3.12. The van der Waals surface area contributed by atoms with Crippen molar-refractivity contribution in [2.45, 2.75) is 24.8 Å². The third-order valence-corrected chi connectivity index (χ3v) is 3.87. The molecule has 1 aromatic heterocycles. The summed E-state index contributed by atoms with van der Waals surface area (Å²) >= 11 is 0. The molecule has 1 unspecified atom stereocenters. The largest absolute Gasteiger partial charge is 0.464 e. The molecule has 1 atom stereocenters. The molecule has 0 fully saturated rings. The number of hydrogen-bond donors (Lipinski definition) is 3. The van der Waals surface area contributed by atoms with E-state index in [9.17, 15) is 8.42 Å². The highest BCUT2D eigenvalue weighted by atomic mass is 32.2. The minimum atomic E-state index is -3.80. The normalized spacial score (nSPS) is 13.2. The summed E-state index contributed by atoms with van der Waals surface area (Å²) in [4.78, 5) is -0.0791. The fourth-order valence-electron chi connectivity index (χ4n) is 1.90. The van der Waals surface area contributed by atoms with Crippen molar-refractivity contribution in [1.82, 2.24) is 0 Å². The van der Waals surface area contributed by atoms with Crippen molar-refractivity contribution in [1.29, 1.82) is 0 Å². The molecule has 0 spiro atoms. The van der Waals surface area contributed by atoms with Gasteiger partial charge in [-0.25, -0.2) is 13.6 Å². The maximum absolute atomic E-state index is 11.3. The van der Waals surface area contributed by atoms with Crippen molar-refractivity contribution >= 4 is 21.4 Å². The molecule has 0 bridgehead atoms. The van der Waals surface area contributed by atoms with Gasteiger partial charge in [0.1, 0.15) is 16.4 Å². The number of benzene rings is 1. The Labute approximate surface area is 117 Å². The Balaban J connectivity index is 2.21. The fraction of sp³-hybridized carbons (Fsp3) is 0.231. The topological polar surface area (TPSA) is 111 Å². The van der Waals surface area contributed by atoms with Gasteiger partial charge in [0, 0.05) is 5.69 Å². The zero-order chi connectivity index (χ0) is 14.9. The summed E-state index contributed by atoms with van der Waals surface area (Å²) in [5.41, 5.74) is 6.51. The van der Waals surface area contributed by atoms with Crippen molar-refractivity contribution in [3.05, 3.63) is 41.9 Å². The van der Waals surface area contributed by atoms with Crippen LogP contribution in [0, 0.1) is 6.92 Å². The van der Waals surface area contributed by atoms with E-state index in [0.29, 0.717) is 5.69 Å². The number of anilines is 2. The Morgan fingerprint density at radius 2 is 1.95 bits per heavy atom. The maximum Gasteiger partial charge on any atom is 0.240 e. The van der Waals surface area contributed by atoms with E-state index in [-0.39, 0.29) is 16.6 Å². The predicted molar refractivity (Wildman–Crippen MR) is 77.7 cm³/mol. The Hall–Kier alpha value is -1.99. The highest BCUT2D eigenvalue weighted by molar-refractivity contribution is 7.89. The van der Waals surface area contributed by atoms with E-state index in [2.05, 4.69) is 5.32 Å². The summed E-state index contributed by atoms with van der Waals surface area (Å²) in [6, 6.07) is 8.23. The van der Waals surface area contributed by atoms with Crippen LogP contribution in [0.15, 0.2) is 39.6 Å². The molecule has 20 heavy (non-hydrogen) atoms. The highest BCUT2D eigenvalue weighted by Crippen LogP contribution is 2.25. The van der Waals surface area contributed by atoms with Crippen molar-refractivity contribution in [3.63, 3.8) is 0 Å². The van der Waals surface area contributed by atoms with Crippen LogP contribution in [0.25, 0.3) is 0 Å². The molecule has 6 nitrogen and oxygen atoms in total. The zero-order valence-electron chi connectivity index (χ0n) is 11.3. The zero-order valence-corrected chi connectivity index (χ0v) is 12.1. The van der Waals surface area contributed by atoms with E-state index >= 15 is 0 Å². The van der Waals surface area contributed by atoms with Crippen LogP contribution in [0.5, 0.6) is 0 Å². The lowest BCUT2D eigenvalue weighted by Gasteiger charge is -2.14. The first-order valence-electron chi connectivity index (χ1n) is 6.02. The average Bonchev–Trinajstić information content (AvgIpc) is 2.74. The number of nitrogens with two attached hydrogens (primary N) is 2. The van der Waals surface area contributed by atoms with Crippen LogP contribution in [0.3, 0.4) is 0 Å². The first-order chi connectivity index (χ1) is 9.27. The molecule has 0 saturated carbocycles. The smallest absolute Gasteiger partial charge is 0.240 e. The Morgan fingerprint density at radius 3 is 2.45 bits per heavy atom. The van der Waals surface area contributed by atoms with Gasteiger partial charge >= 0.3 is 0 Å². The van der Waals surface area contributed by atoms with E-state index in [1.54, 1.807) is 6.07 Å². The number of rotatable bonds is 4. The van der Waals surface area contributed by atoms with Crippen LogP contribution < -0.4 is 16.2 Å². The van der Waals surface area contributed by atoms with Crippen LogP contribution in [-0.2, 0) is 10.0 Å². The van der Waals surface area contributed by atoms with Gasteiger partial charge in [-0.2, -0.15) is 0 Å². The minimum absolute atomic E-state index is 0.0663. The van der Waals surface area contributed by atoms with E-state index in [1.807, 2.05) is 26.0 Å². The number of aryl methyl sites for hydroxylation is 1. The van der Waals surface area contributed by atoms with E-state index in [4.69, 9.17) is 15.3 Å². The van der Waals surface area contributed by atoms with E-state index in [1.165, 1.54) is 12.1 Å². The van der Waals surface area contributed by atoms with Gasteiger partial charge in [-0.15, -0.1) is 0 Å². The van der Waals surface area contributed by atoms with Gasteiger partial charge in [-0.1, -0.05) is 0 Å². The highest BCUT2D eigenvalue weighted by Gasteiger charge is 2.14. The number of nitrogens with one attached hydrogen (secondary N) is 1. The van der Waals surface area contributed by atoms with Gasteiger partial charge in [0.2, 0.25) is 10.0 Å². The molecule has 0 saturated heterocycles. The summed E-state index contributed by atoms with van der Waals surface area (Å²) in [5.74, 6) is 1.62. The third-order valence-electron chi connectivity index (χ3n) is 2.89. The fourth-order valence-corrected chi connectivity index (χ4v) is 2.55. The first kappa shape index (κ1) is 14.4. The van der Waals surface area contributed by atoms with Crippen molar-refractivity contribution in [3.8, 4) is 0 Å². The molecule has 0 aliphatic rings. The number of primary sulfonamides is 1. The number of sulfonamides is 1. The molecular weight excluding hydrogens is 278 g/mol. The second-order valence-electron chi connectivity index (χ2n) is 4.61. The predicted octanol–water partition coefficient (Wildman–Crippen LogP) is 1.99. The van der Waals surface area contributed by atoms with E-state index < -0.39 is 10.0 Å². The SMILES string of the molecule is Cc1ccc(C(C)Nc2ccc(S(N)(=O)=O)c(N)c2)o1. The monoisotopic (exact) mass is 295 g/mol. The lowest BCUT2D eigenvalue weighted by atomic mass is 10.2. The average molecular weight is 295 g/mol. The van der Waals surface area contributed by atoms with Gasteiger partial charge in [0.15, 0.2) is 0 Å². The summed E-state index contributed by atoms with van der Waals surface area (Å²) < 4.78 is 28.1. The Bertz CT molecular complexity index is 722. The summed E-state index contributed by atoms with van der Waals surface area (Å²) in [6.45, 7) is 3.80. The molecule has 0 aliphatic heterocycles. The van der Waals surface area contributed by atoms with Crippen LogP contribution in [0.4, 0.5) is 11.4 Å². The molecule has 7 heteroatoms. The molecule has 0 amide bonds. The second-order valence-corrected chi connectivity index (χ2v) is 6.14. The number of nitrogen functional groups attached to an aromatic ring is 1. The van der Waals surface area contributed by atoms with Crippen LogP contribution in [-0.4, -0.2) is 8.42 Å². The molecule has 2 rings (SSSR count). The van der Waals surface area contributed by atoms with Gasteiger partial charge in [-0.3, -0.25) is 0 Å². The first-order valence-corrected chi connectivity index (χ1v) is 7.57. The van der Waals surface area contributed by atoms with Gasteiger partial charge in [0.05, 0.1) is 11.7 Å². The van der Waals surface area contributed by atoms with Crippen LogP contribution in [0.1, 0.15) is 24.5 Å². The molecule has 1 heterocycles. The summed E-state index contributed by atoms with van der Waals surface area (Å²) in [7, 11) is -3.80. The lowest BCUT2D eigenvalue weighted by molar-refractivity contribution is 0.467. The van der Waals surface area contributed by atoms with Gasteiger partial charge in [-0.05, 0) is 44.2 Å². The standard InChI is InChI=1S/C13H17N3O3S/c1-8-3-5-12(19-8)9(2)16-10-4-6-13(11(14)7-10)20(15,17)18/h3-7,9,16H,14H2,1-2H3,(H2,15,17,18). The van der Waals surface area contributed by atoms with Crippen LogP contribution >= 0.6 is 0 Å². The van der Waals surface area contributed by atoms with Gasteiger partial charge in [0.25, 0.3) is 0 Å². The van der Waals surface area contributed by atoms with Crippen molar-refractivity contribution in [2.24, 2.45) is 5.14 Å². The lowest BCUT2D eigenvalue weighted by Crippen LogP contribution is -2.14. The minimum Gasteiger partial charge on any atom is -0.464 e. The molecule has 0 aliphatic carbocycles. The quantitative estimate of drug-likeness (QED) is 0.747. The summed E-state index contributed by atoms with van der Waals surface area (Å²) in [5, 5.41) is 8.24.